The number of aryl methyl sites for hydroxylation is 1. The highest BCUT2D eigenvalue weighted by atomic mass is 19.1. The summed E-state index contributed by atoms with van der Waals surface area (Å²) in [5, 5.41) is 0. The van der Waals surface area contributed by atoms with Crippen molar-refractivity contribution in [3.8, 4) is 0 Å². The van der Waals surface area contributed by atoms with Crippen molar-refractivity contribution in [3.63, 3.8) is 0 Å². The third-order valence-corrected chi connectivity index (χ3v) is 7.02. The van der Waals surface area contributed by atoms with E-state index in [1.54, 1.807) is 6.07 Å². The Balaban J connectivity index is 1.32. The number of nitrogens with zero attached hydrogens (tertiary/aromatic N) is 2. The number of amides is 1. The zero-order chi connectivity index (χ0) is 21.8. The maximum atomic E-state index is 13.7. The number of carbonyl (C=O) groups is 1. The molecular formula is C27H35FN2O. The van der Waals surface area contributed by atoms with Crippen molar-refractivity contribution in [2.45, 2.75) is 52.0 Å². The third-order valence-electron chi connectivity index (χ3n) is 7.02. The Labute approximate surface area is 186 Å². The van der Waals surface area contributed by atoms with E-state index >= 15 is 0 Å². The molecule has 0 spiro atoms. The molecule has 1 atom stereocenters. The van der Waals surface area contributed by atoms with Gasteiger partial charge in [-0.05, 0) is 86.5 Å². The first-order valence-corrected chi connectivity index (χ1v) is 11.9. The molecule has 0 aliphatic carbocycles. The molecule has 2 aromatic rings. The van der Waals surface area contributed by atoms with Gasteiger partial charge < -0.3 is 9.80 Å². The minimum atomic E-state index is -0.180. The third kappa shape index (κ3) is 5.17. The van der Waals surface area contributed by atoms with Gasteiger partial charge in [0, 0.05) is 12.5 Å². The van der Waals surface area contributed by atoms with Crippen LogP contribution in [0.2, 0.25) is 0 Å². The first-order valence-electron chi connectivity index (χ1n) is 11.9. The number of rotatable bonds is 6. The maximum absolute atomic E-state index is 13.7. The van der Waals surface area contributed by atoms with Gasteiger partial charge >= 0.3 is 0 Å². The minimum absolute atomic E-state index is 0.0563. The summed E-state index contributed by atoms with van der Waals surface area (Å²) in [5.41, 5.74) is 3.60. The second-order valence-electron chi connectivity index (χ2n) is 9.52. The van der Waals surface area contributed by atoms with Crippen molar-refractivity contribution in [1.82, 2.24) is 9.80 Å². The summed E-state index contributed by atoms with van der Waals surface area (Å²) in [6.07, 6.45) is 4.92. The number of piperidine rings is 1. The highest BCUT2D eigenvalue weighted by Gasteiger charge is 2.37. The van der Waals surface area contributed by atoms with Gasteiger partial charge in [0.15, 0.2) is 0 Å². The molecule has 31 heavy (non-hydrogen) atoms. The number of fused-ring (bicyclic) bond motifs is 1. The topological polar surface area (TPSA) is 23.6 Å². The van der Waals surface area contributed by atoms with Crippen LogP contribution < -0.4 is 0 Å². The molecule has 2 aromatic carbocycles. The van der Waals surface area contributed by atoms with Gasteiger partial charge in [0.25, 0.3) is 0 Å². The molecule has 1 fully saturated rings. The fourth-order valence-electron chi connectivity index (χ4n) is 5.38. The molecule has 1 saturated heterocycles. The first-order chi connectivity index (χ1) is 15.0. The second-order valence-corrected chi connectivity index (χ2v) is 9.52. The van der Waals surface area contributed by atoms with E-state index in [1.165, 1.54) is 11.6 Å². The van der Waals surface area contributed by atoms with Crippen molar-refractivity contribution in [2.75, 3.05) is 26.2 Å². The highest BCUT2D eigenvalue weighted by Crippen LogP contribution is 2.37. The van der Waals surface area contributed by atoms with E-state index in [-0.39, 0.29) is 17.8 Å². The monoisotopic (exact) mass is 422 g/mol. The molecule has 4 heteroatoms. The van der Waals surface area contributed by atoms with Crippen LogP contribution in [0.25, 0.3) is 0 Å². The Morgan fingerprint density at radius 1 is 1.06 bits per heavy atom. The number of carbonyl (C=O) groups excluding carboxylic acids is 1. The number of likely N-dealkylation sites (tertiary alicyclic amines) is 1. The number of hydrogen-bond donors (Lipinski definition) is 0. The van der Waals surface area contributed by atoms with Gasteiger partial charge in [-0.1, -0.05) is 50.2 Å². The summed E-state index contributed by atoms with van der Waals surface area (Å²) in [5.74, 6) is 0.554. The number of halogens is 1. The van der Waals surface area contributed by atoms with E-state index in [4.69, 9.17) is 0 Å². The van der Waals surface area contributed by atoms with Crippen LogP contribution in [0, 0.1) is 17.7 Å². The molecule has 4 rings (SSSR count). The van der Waals surface area contributed by atoms with Crippen LogP contribution in [0.3, 0.4) is 0 Å². The Morgan fingerprint density at radius 3 is 2.52 bits per heavy atom. The quantitative estimate of drug-likeness (QED) is 0.635. The molecule has 0 bridgehead atoms. The van der Waals surface area contributed by atoms with E-state index in [2.05, 4.69) is 54.0 Å². The van der Waals surface area contributed by atoms with Gasteiger partial charge in [0.1, 0.15) is 5.82 Å². The van der Waals surface area contributed by atoms with Crippen LogP contribution in [0.1, 0.15) is 55.8 Å². The van der Waals surface area contributed by atoms with Crippen LogP contribution in [0.15, 0.2) is 48.5 Å². The highest BCUT2D eigenvalue weighted by molar-refractivity contribution is 5.80. The molecule has 166 valence electrons. The lowest BCUT2D eigenvalue weighted by molar-refractivity contribution is -0.141. The van der Waals surface area contributed by atoms with Crippen molar-refractivity contribution in [3.05, 3.63) is 71.0 Å². The summed E-state index contributed by atoms with van der Waals surface area (Å²) in [6.45, 7) is 8.15. The average Bonchev–Trinajstić information content (AvgIpc) is 2.79. The van der Waals surface area contributed by atoms with Crippen LogP contribution in [0.5, 0.6) is 0 Å². The zero-order valence-corrected chi connectivity index (χ0v) is 18.9. The van der Waals surface area contributed by atoms with E-state index in [0.29, 0.717) is 18.4 Å². The lowest BCUT2D eigenvalue weighted by Gasteiger charge is -2.42. The molecule has 2 aliphatic rings. The molecule has 0 saturated carbocycles. The standard InChI is InChI=1S/C27H35FN2O/c1-20(2)26-25-11-10-24(28)19-23(25)14-18-30(26)27(31)22-12-16-29(17-13-22)15-6-9-21-7-4-3-5-8-21/h3-5,7-8,10-11,19-20,22,26H,6,9,12-18H2,1-2H3. The lowest BCUT2D eigenvalue weighted by atomic mass is 9.84. The number of benzene rings is 2. The van der Waals surface area contributed by atoms with Crippen molar-refractivity contribution >= 4 is 5.91 Å². The molecule has 0 aromatic heterocycles. The number of hydrogen-bond acceptors (Lipinski definition) is 2. The summed E-state index contributed by atoms with van der Waals surface area (Å²) >= 11 is 0. The molecule has 0 radical (unpaired) electrons. The predicted octanol–water partition coefficient (Wildman–Crippen LogP) is 5.25. The first kappa shape index (κ1) is 22.0. The van der Waals surface area contributed by atoms with Crippen LogP contribution in [0.4, 0.5) is 4.39 Å². The zero-order valence-electron chi connectivity index (χ0n) is 18.9. The molecule has 3 nitrogen and oxygen atoms in total. The van der Waals surface area contributed by atoms with Crippen molar-refractivity contribution in [2.24, 2.45) is 11.8 Å². The minimum Gasteiger partial charge on any atom is -0.335 e. The molecule has 2 heterocycles. The van der Waals surface area contributed by atoms with Crippen LogP contribution in [-0.4, -0.2) is 41.9 Å². The maximum Gasteiger partial charge on any atom is 0.226 e. The van der Waals surface area contributed by atoms with Gasteiger partial charge in [-0.3, -0.25) is 4.79 Å². The van der Waals surface area contributed by atoms with Crippen molar-refractivity contribution < 1.29 is 9.18 Å². The van der Waals surface area contributed by atoms with E-state index in [0.717, 1.165) is 62.9 Å². The summed E-state index contributed by atoms with van der Waals surface area (Å²) in [7, 11) is 0. The van der Waals surface area contributed by atoms with Gasteiger partial charge in [-0.15, -0.1) is 0 Å². The Hall–Kier alpha value is -2.20. The van der Waals surface area contributed by atoms with Gasteiger partial charge in [-0.25, -0.2) is 4.39 Å². The van der Waals surface area contributed by atoms with E-state index in [1.807, 2.05) is 6.07 Å². The van der Waals surface area contributed by atoms with Crippen molar-refractivity contribution in [1.29, 1.82) is 0 Å². The molecule has 2 aliphatic heterocycles. The van der Waals surface area contributed by atoms with Gasteiger partial charge in [-0.2, -0.15) is 0 Å². The lowest BCUT2D eigenvalue weighted by Crippen LogP contribution is -2.47. The van der Waals surface area contributed by atoms with Gasteiger partial charge in [0.2, 0.25) is 5.91 Å². The molecule has 0 N–H and O–H groups in total. The predicted molar refractivity (Wildman–Crippen MR) is 123 cm³/mol. The van der Waals surface area contributed by atoms with Crippen LogP contribution in [-0.2, 0) is 17.6 Å². The Kier molecular flexibility index (Phi) is 7.06. The van der Waals surface area contributed by atoms with E-state index in [9.17, 15) is 9.18 Å². The summed E-state index contributed by atoms with van der Waals surface area (Å²) in [4.78, 5) is 18.1. The fraction of sp³-hybridized carbons (Fsp3) is 0.519. The second kappa shape index (κ2) is 9.95. The summed E-state index contributed by atoms with van der Waals surface area (Å²) in [6, 6.07) is 15.8. The van der Waals surface area contributed by atoms with Crippen LogP contribution >= 0.6 is 0 Å². The fourth-order valence-corrected chi connectivity index (χ4v) is 5.38. The summed E-state index contributed by atoms with van der Waals surface area (Å²) < 4.78 is 13.7. The SMILES string of the molecule is CC(C)C1c2ccc(F)cc2CCN1C(=O)C1CCN(CCCc2ccccc2)CC1. The molecular weight excluding hydrogens is 387 g/mol. The van der Waals surface area contributed by atoms with Gasteiger partial charge in [0.05, 0.1) is 6.04 Å². The normalized spacial score (nSPS) is 20.1. The smallest absolute Gasteiger partial charge is 0.226 e. The Morgan fingerprint density at radius 2 is 1.81 bits per heavy atom. The molecule has 1 unspecified atom stereocenters. The van der Waals surface area contributed by atoms with E-state index < -0.39 is 0 Å². The largest absolute Gasteiger partial charge is 0.335 e. The molecule has 1 amide bonds. The average molecular weight is 423 g/mol. The Bertz CT molecular complexity index is 874.